The molecule has 1 aliphatic rings. The molecule has 1 unspecified atom stereocenters. The van der Waals surface area contributed by atoms with Crippen molar-refractivity contribution in [1.82, 2.24) is 15.4 Å². The Balaban J connectivity index is 2.00. The second kappa shape index (κ2) is 8.84. The average Bonchev–Trinajstić information content (AvgIpc) is 2.60. The molecule has 0 heterocycles. The first-order valence-corrected chi connectivity index (χ1v) is 10.1. The number of rotatable bonds is 7. The van der Waals surface area contributed by atoms with Gasteiger partial charge in [-0.25, -0.2) is 17.9 Å². The van der Waals surface area contributed by atoms with E-state index in [4.69, 9.17) is 0 Å². The lowest BCUT2D eigenvalue weighted by molar-refractivity contribution is -0.110. The first-order chi connectivity index (χ1) is 12.0. The number of benzene rings is 1. The fourth-order valence-corrected chi connectivity index (χ4v) is 3.97. The third-order valence-corrected chi connectivity index (χ3v) is 5.78. The Hall–Kier alpha value is -2.09. The van der Waals surface area contributed by atoms with Crippen LogP contribution >= 0.6 is 0 Å². The van der Waals surface area contributed by atoms with Gasteiger partial charge in [0, 0.05) is 6.04 Å². The number of nitrogens with one attached hydrogen (secondary N) is 3. The highest BCUT2D eigenvalue weighted by molar-refractivity contribution is 7.90. The smallest absolute Gasteiger partial charge is 0.328 e. The minimum atomic E-state index is -3.92. The number of amides is 3. The minimum absolute atomic E-state index is 0.0102. The summed E-state index contributed by atoms with van der Waals surface area (Å²) >= 11 is 0. The van der Waals surface area contributed by atoms with Gasteiger partial charge in [0.15, 0.2) is 0 Å². The Morgan fingerprint density at radius 1 is 1.20 bits per heavy atom. The molecule has 138 valence electrons. The molecular weight excluding hydrogens is 342 g/mol. The Morgan fingerprint density at radius 2 is 1.84 bits per heavy atom. The van der Waals surface area contributed by atoms with Crippen LogP contribution in [0.15, 0.2) is 29.2 Å². The molecule has 1 saturated carbocycles. The van der Waals surface area contributed by atoms with Gasteiger partial charge in [0.25, 0.3) is 10.0 Å². The fourth-order valence-electron chi connectivity index (χ4n) is 3.05. The summed E-state index contributed by atoms with van der Waals surface area (Å²) < 4.78 is 26.7. The van der Waals surface area contributed by atoms with Crippen molar-refractivity contribution in [2.45, 2.75) is 62.4 Å². The van der Waals surface area contributed by atoms with Crippen LogP contribution in [-0.2, 0) is 14.8 Å². The molecule has 7 nitrogen and oxygen atoms in total. The minimum Gasteiger partial charge on any atom is -0.352 e. The van der Waals surface area contributed by atoms with Crippen molar-refractivity contribution >= 4 is 22.5 Å². The van der Waals surface area contributed by atoms with E-state index in [1.165, 1.54) is 12.1 Å². The van der Waals surface area contributed by atoms with Gasteiger partial charge >= 0.3 is 6.03 Å². The molecule has 1 aliphatic carbocycles. The first-order valence-electron chi connectivity index (χ1n) is 8.59. The lowest BCUT2D eigenvalue weighted by Crippen LogP contribution is -2.45. The Bertz CT molecular complexity index is 682. The van der Waals surface area contributed by atoms with E-state index < -0.39 is 16.1 Å². The van der Waals surface area contributed by atoms with Gasteiger partial charge in [-0.15, -0.1) is 0 Å². The summed E-state index contributed by atoms with van der Waals surface area (Å²) in [7, 11) is -3.92. The van der Waals surface area contributed by atoms with E-state index in [1.807, 2.05) is 6.92 Å². The van der Waals surface area contributed by atoms with Crippen LogP contribution in [0, 0.1) is 0 Å². The van der Waals surface area contributed by atoms with Gasteiger partial charge in [0.2, 0.25) is 6.41 Å². The quantitative estimate of drug-likeness (QED) is 0.643. The van der Waals surface area contributed by atoms with Crippen molar-refractivity contribution in [3.63, 3.8) is 0 Å². The van der Waals surface area contributed by atoms with E-state index in [-0.39, 0.29) is 17.0 Å². The number of sulfonamides is 1. The van der Waals surface area contributed by atoms with Crippen LogP contribution in [0.5, 0.6) is 0 Å². The topological polar surface area (TPSA) is 104 Å². The molecular formula is C17H25N3O4S. The number of hydrogen-bond acceptors (Lipinski definition) is 4. The molecule has 2 rings (SSSR count). The summed E-state index contributed by atoms with van der Waals surface area (Å²) in [6.45, 7) is 1.92. The van der Waals surface area contributed by atoms with E-state index >= 15 is 0 Å². The largest absolute Gasteiger partial charge is 0.352 e. The number of hydrogen-bond donors (Lipinski definition) is 3. The molecule has 0 aromatic heterocycles. The average molecular weight is 367 g/mol. The molecule has 0 bridgehead atoms. The molecule has 1 aromatic rings. The molecule has 1 fully saturated rings. The van der Waals surface area contributed by atoms with Crippen LogP contribution in [0.4, 0.5) is 4.79 Å². The van der Waals surface area contributed by atoms with Gasteiger partial charge in [-0.05, 0) is 37.0 Å². The van der Waals surface area contributed by atoms with E-state index in [0.29, 0.717) is 12.8 Å². The van der Waals surface area contributed by atoms with Crippen molar-refractivity contribution in [2.75, 3.05) is 0 Å². The zero-order valence-corrected chi connectivity index (χ0v) is 15.1. The summed E-state index contributed by atoms with van der Waals surface area (Å²) in [5.74, 6) is 0. The van der Waals surface area contributed by atoms with Crippen molar-refractivity contribution in [3.05, 3.63) is 29.8 Å². The summed E-state index contributed by atoms with van der Waals surface area (Å²) in [5.41, 5.74) is 0.806. The zero-order valence-electron chi connectivity index (χ0n) is 14.3. The highest BCUT2D eigenvalue weighted by Gasteiger charge is 2.21. The van der Waals surface area contributed by atoms with Crippen LogP contribution < -0.4 is 15.4 Å². The van der Waals surface area contributed by atoms with Gasteiger partial charge in [-0.2, -0.15) is 0 Å². The summed E-state index contributed by atoms with van der Waals surface area (Å²) in [5, 5.41) is 5.40. The zero-order chi connectivity index (χ0) is 18.3. The summed E-state index contributed by atoms with van der Waals surface area (Å²) in [6, 6.07) is 5.31. The predicted molar refractivity (Wildman–Crippen MR) is 94.4 cm³/mol. The highest BCUT2D eigenvalue weighted by atomic mass is 32.2. The van der Waals surface area contributed by atoms with E-state index in [1.54, 1.807) is 12.1 Å². The summed E-state index contributed by atoms with van der Waals surface area (Å²) in [6.07, 6.45) is 6.32. The Morgan fingerprint density at radius 3 is 2.40 bits per heavy atom. The molecule has 0 saturated heterocycles. The predicted octanol–water partition coefficient (Wildman–Crippen LogP) is 2.20. The van der Waals surface area contributed by atoms with E-state index in [9.17, 15) is 18.0 Å². The third-order valence-electron chi connectivity index (χ3n) is 4.44. The second-order valence-corrected chi connectivity index (χ2v) is 7.91. The number of urea groups is 1. The van der Waals surface area contributed by atoms with Gasteiger partial charge < -0.3 is 10.6 Å². The van der Waals surface area contributed by atoms with Crippen LogP contribution in [0.25, 0.3) is 0 Å². The van der Waals surface area contributed by atoms with E-state index in [2.05, 4.69) is 15.4 Å². The van der Waals surface area contributed by atoms with Gasteiger partial charge in [0.1, 0.15) is 0 Å². The number of carbonyl (C=O) groups is 2. The molecule has 3 amide bonds. The maximum absolute atomic E-state index is 12.3. The molecule has 0 aliphatic heterocycles. The van der Waals surface area contributed by atoms with Gasteiger partial charge in [-0.1, -0.05) is 38.3 Å². The fraction of sp³-hybridized carbons (Fsp3) is 0.529. The van der Waals surface area contributed by atoms with Crippen LogP contribution in [0.1, 0.15) is 57.1 Å². The molecule has 3 N–H and O–H groups in total. The third kappa shape index (κ3) is 5.45. The van der Waals surface area contributed by atoms with E-state index in [0.717, 1.165) is 37.7 Å². The first kappa shape index (κ1) is 19.2. The molecule has 25 heavy (non-hydrogen) atoms. The molecule has 8 heteroatoms. The molecule has 1 aromatic carbocycles. The maximum atomic E-state index is 12.3. The van der Waals surface area contributed by atoms with Crippen LogP contribution in [0.2, 0.25) is 0 Å². The second-order valence-electron chi connectivity index (χ2n) is 6.23. The SMILES string of the molecule is CCC(NC=O)c1ccc(S(=O)(=O)NC(=O)NC2CCCCC2)cc1. The Labute approximate surface area is 148 Å². The number of carbonyl (C=O) groups excluding carboxylic acids is 2. The normalized spacial score (nSPS) is 16.7. The molecule has 0 radical (unpaired) electrons. The summed E-state index contributed by atoms with van der Waals surface area (Å²) in [4.78, 5) is 22.6. The van der Waals surface area contributed by atoms with Crippen molar-refractivity contribution in [3.8, 4) is 0 Å². The maximum Gasteiger partial charge on any atom is 0.328 e. The van der Waals surface area contributed by atoms with Crippen LogP contribution in [0.3, 0.4) is 0 Å². The van der Waals surface area contributed by atoms with Crippen molar-refractivity contribution in [1.29, 1.82) is 0 Å². The standard InChI is InChI=1S/C17H25N3O4S/c1-2-16(18-12-21)13-8-10-15(11-9-13)25(23,24)20-17(22)19-14-6-4-3-5-7-14/h8-12,14,16H,2-7H2,1H3,(H,18,21)(H2,19,20,22). The van der Waals surface area contributed by atoms with Gasteiger partial charge in [-0.3, -0.25) is 4.79 Å². The highest BCUT2D eigenvalue weighted by Crippen LogP contribution is 2.19. The molecule has 1 atom stereocenters. The van der Waals surface area contributed by atoms with Crippen LogP contribution in [-0.4, -0.2) is 26.9 Å². The molecule has 0 spiro atoms. The Kier molecular flexibility index (Phi) is 6.81. The monoisotopic (exact) mass is 367 g/mol. The lowest BCUT2D eigenvalue weighted by Gasteiger charge is -2.22. The van der Waals surface area contributed by atoms with Crippen molar-refractivity contribution in [2.24, 2.45) is 0 Å². The van der Waals surface area contributed by atoms with Crippen molar-refractivity contribution < 1.29 is 18.0 Å². The van der Waals surface area contributed by atoms with Gasteiger partial charge in [0.05, 0.1) is 10.9 Å². The lowest BCUT2D eigenvalue weighted by atomic mass is 9.96.